The second-order valence-electron chi connectivity index (χ2n) is 7.73. The number of thiazole rings is 1. The summed E-state index contributed by atoms with van der Waals surface area (Å²) in [4.78, 5) is 22.2. The molecule has 5 rings (SSSR count). The van der Waals surface area contributed by atoms with Gasteiger partial charge in [0.05, 0.1) is 23.4 Å². The Kier molecular flexibility index (Phi) is 7.64. The summed E-state index contributed by atoms with van der Waals surface area (Å²) in [5.41, 5.74) is 1.19. The number of hydrogen-bond donors (Lipinski definition) is 0. The second-order valence-corrected chi connectivity index (χ2v) is 8.74. The van der Waals surface area contributed by atoms with Crippen LogP contribution in [-0.4, -0.2) is 68.4 Å². The van der Waals surface area contributed by atoms with Crippen molar-refractivity contribution in [3.63, 3.8) is 0 Å². The van der Waals surface area contributed by atoms with E-state index in [9.17, 15) is 9.18 Å². The van der Waals surface area contributed by atoms with Crippen molar-refractivity contribution in [2.45, 2.75) is 6.42 Å². The van der Waals surface area contributed by atoms with Crippen LogP contribution in [0.3, 0.4) is 0 Å². The fraction of sp³-hybridized carbons (Fsp3) is 0.391. The van der Waals surface area contributed by atoms with Crippen molar-refractivity contribution in [1.82, 2.24) is 9.88 Å². The number of benzene rings is 2. The molecular weight excluding hydrogens is 469 g/mol. The molecule has 1 fully saturated rings. The average Bonchev–Trinajstić information content (AvgIpc) is 3.24. The summed E-state index contributed by atoms with van der Waals surface area (Å²) >= 11 is 1.32. The van der Waals surface area contributed by atoms with E-state index in [4.69, 9.17) is 14.2 Å². The molecule has 0 spiro atoms. The van der Waals surface area contributed by atoms with Gasteiger partial charge in [0.2, 0.25) is 0 Å². The van der Waals surface area contributed by atoms with Crippen LogP contribution in [0, 0.1) is 5.82 Å². The third-order valence-electron chi connectivity index (χ3n) is 5.56. The van der Waals surface area contributed by atoms with Gasteiger partial charge in [-0.3, -0.25) is 14.6 Å². The van der Waals surface area contributed by atoms with E-state index in [0.29, 0.717) is 52.2 Å². The Balaban J connectivity index is 0.00000259. The third kappa shape index (κ3) is 5.38. The number of morpholine rings is 1. The summed E-state index contributed by atoms with van der Waals surface area (Å²) in [5.74, 6) is 0.733. The van der Waals surface area contributed by atoms with Gasteiger partial charge in [0.15, 0.2) is 16.6 Å². The molecule has 1 amide bonds. The Labute approximate surface area is 201 Å². The Morgan fingerprint density at radius 2 is 1.85 bits per heavy atom. The number of ether oxygens (including phenoxy) is 3. The van der Waals surface area contributed by atoms with Crippen molar-refractivity contribution in [1.29, 1.82) is 0 Å². The highest BCUT2D eigenvalue weighted by Gasteiger charge is 2.24. The number of fused-ring (bicyclic) bond motifs is 2. The monoisotopic (exact) mass is 493 g/mol. The molecule has 0 atom stereocenters. The number of halogens is 2. The largest absolute Gasteiger partial charge is 0.486 e. The summed E-state index contributed by atoms with van der Waals surface area (Å²) in [6.45, 7) is 5.61. The minimum Gasteiger partial charge on any atom is -0.486 e. The van der Waals surface area contributed by atoms with Gasteiger partial charge in [0, 0.05) is 31.7 Å². The predicted molar refractivity (Wildman–Crippen MR) is 128 cm³/mol. The maximum Gasteiger partial charge on any atom is 0.260 e. The fourth-order valence-corrected chi connectivity index (χ4v) is 4.91. The molecule has 7 nitrogen and oxygen atoms in total. The van der Waals surface area contributed by atoms with Crippen LogP contribution >= 0.6 is 23.7 Å². The van der Waals surface area contributed by atoms with Crippen molar-refractivity contribution < 1.29 is 23.4 Å². The Morgan fingerprint density at radius 1 is 1.06 bits per heavy atom. The molecule has 2 aromatic carbocycles. The molecule has 0 radical (unpaired) electrons. The maximum absolute atomic E-state index is 13.7. The molecular formula is C23H25ClFN3O4S. The van der Waals surface area contributed by atoms with Gasteiger partial charge in [-0.25, -0.2) is 9.37 Å². The molecule has 0 unspecified atom stereocenters. The summed E-state index contributed by atoms with van der Waals surface area (Å²) < 4.78 is 31.1. The maximum atomic E-state index is 13.7. The number of hydrogen-bond acceptors (Lipinski definition) is 7. The van der Waals surface area contributed by atoms with Crippen LogP contribution in [0.5, 0.6) is 11.5 Å². The van der Waals surface area contributed by atoms with Crippen molar-refractivity contribution in [3.8, 4) is 11.5 Å². The van der Waals surface area contributed by atoms with E-state index >= 15 is 0 Å². The highest BCUT2D eigenvalue weighted by Crippen LogP contribution is 2.33. The lowest BCUT2D eigenvalue weighted by atomic mass is 10.1. The van der Waals surface area contributed by atoms with E-state index < -0.39 is 0 Å². The predicted octanol–water partition coefficient (Wildman–Crippen LogP) is 4.00. The third-order valence-corrected chi connectivity index (χ3v) is 6.61. The molecule has 10 heteroatoms. The van der Waals surface area contributed by atoms with Crippen molar-refractivity contribution in [2.75, 3.05) is 57.5 Å². The van der Waals surface area contributed by atoms with Crippen LogP contribution in [-0.2, 0) is 4.74 Å². The van der Waals surface area contributed by atoms with Crippen LogP contribution in [0.4, 0.5) is 9.52 Å². The van der Waals surface area contributed by atoms with Crippen LogP contribution in [0.2, 0.25) is 0 Å². The first-order chi connectivity index (χ1) is 15.7. The molecule has 1 aromatic heterocycles. The fourth-order valence-electron chi connectivity index (χ4n) is 3.90. The number of rotatable bonds is 6. The zero-order chi connectivity index (χ0) is 21.9. The van der Waals surface area contributed by atoms with Gasteiger partial charge in [0.1, 0.15) is 19.0 Å². The van der Waals surface area contributed by atoms with Crippen molar-refractivity contribution in [3.05, 3.63) is 47.8 Å². The summed E-state index contributed by atoms with van der Waals surface area (Å²) in [5, 5.41) is 0.562. The lowest BCUT2D eigenvalue weighted by Gasteiger charge is -2.28. The Bertz CT molecular complexity index is 1120. The zero-order valence-electron chi connectivity index (χ0n) is 18.0. The number of carbonyl (C=O) groups excluding carboxylic acids is 1. The number of aromatic nitrogens is 1. The summed E-state index contributed by atoms with van der Waals surface area (Å²) in [7, 11) is 0. The van der Waals surface area contributed by atoms with E-state index in [1.165, 1.54) is 23.5 Å². The zero-order valence-corrected chi connectivity index (χ0v) is 19.6. The SMILES string of the molecule is Cl.O=C(c1ccc2c(c1)OCCO2)N(CCCN1CCOCC1)c1nc2ccc(F)cc2s1. The van der Waals surface area contributed by atoms with E-state index in [-0.39, 0.29) is 24.1 Å². The van der Waals surface area contributed by atoms with Crippen LogP contribution in [0.25, 0.3) is 10.2 Å². The molecule has 2 aliphatic rings. The number of anilines is 1. The smallest absolute Gasteiger partial charge is 0.260 e. The molecule has 2 aliphatic heterocycles. The average molecular weight is 494 g/mol. The van der Waals surface area contributed by atoms with Crippen LogP contribution in [0.1, 0.15) is 16.8 Å². The molecule has 0 aliphatic carbocycles. The highest BCUT2D eigenvalue weighted by molar-refractivity contribution is 7.22. The van der Waals surface area contributed by atoms with E-state index in [1.807, 2.05) is 0 Å². The van der Waals surface area contributed by atoms with Gasteiger partial charge < -0.3 is 14.2 Å². The molecule has 0 N–H and O–H groups in total. The number of amides is 1. The first kappa shape index (κ1) is 23.7. The lowest BCUT2D eigenvalue weighted by Crippen LogP contribution is -2.39. The molecule has 1 saturated heterocycles. The molecule has 33 heavy (non-hydrogen) atoms. The Hall–Kier alpha value is -2.46. The molecule has 0 saturated carbocycles. The van der Waals surface area contributed by atoms with Crippen molar-refractivity contribution >= 4 is 45.0 Å². The number of carbonyl (C=O) groups is 1. The van der Waals surface area contributed by atoms with E-state index in [2.05, 4.69) is 9.88 Å². The summed E-state index contributed by atoms with van der Waals surface area (Å²) in [6, 6.07) is 9.72. The molecule has 176 valence electrons. The Morgan fingerprint density at radius 3 is 2.67 bits per heavy atom. The van der Waals surface area contributed by atoms with Gasteiger partial charge in [0.25, 0.3) is 5.91 Å². The molecule has 3 heterocycles. The first-order valence-corrected chi connectivity index (χ1v) is 11.6. The molecule has 3 aromatic rings. The van der Waals surface area contributed by atoms with E-state index in [1.54, 1.807) is 29.2 Å². The highest BCUT2D eigenvalue weighted by atomic mass is 35.5. The quantitative estimate of drug-likeness (QED) is 0.517. The summed E-state index contributed by atoms with van der Waals surface area (Å²) in [6.07, 6.45) is 0.792. The van der Waals surface area contributed by atoms with Crippen molar-refractivity contribution in [2.24, 2.45) is 0 Å². The number of nitrogens with zero attached hydrogens (tertiary/aromatic N) is 3. The topological polar surface area (TPSA) is 64.1 Å². The van der Waals surface area contributed by atoms with E-state index in [0.717, 1.165) is 39.3 Å². The standard InChI is InChI=1S/C23H24FN3O4S.ClH/c24-17-3-4-18-21(15-17)32-23(25-18)27(7-1-6-26-8-10-29-11-9-26)22(28)16-2-5-19-20(14-16)31-13-12-30-19;/h2-5,14-15H,1,6-13H2;1H. The minimum absolute atomic E-state index is 0. The van der Waals surface area contributed by atoms with Gasteiger partial charge in [-0.15, -0.1) is 12.4 Å². The minimum atomic E-state index is -0.315. The van der Waals surface area contributed by atoms with Crippen LogP contribution < -0.4 is 14.4 Å². The normalized spacial score (nSPS) is 15.8. The first-order valence-electron chi connectivity index (χ1n) is 10.7. The second kappa shape index (κ2) is 10.6. The van der Waals surface area contributed by atoms with Gasteiger partial charge in [-0.1, -0.05) is 11.3 Å². The lowest BCUT2D eigenvalue weighted by molar-refractivity contribution is 0.0376. The van der Waals surface area contributed by atoms with Gasteiger partial charge in [-0.05, 0) is 42.8 Å². The molecule has 0 bridgehead atoms. The van der Waals surface area contributed by atoms with Crippen LogP contribution in [0.15, 0.2) is 36.4 Å². The van der Waals surface area contributed by atoms with Gasteiger partial charge >= 0.3 is 0 Å². The van der Waals surface area contributed by atoms with Gasteiger partial charge in [-0.2, -0.15) is 0 Å².